The number of halogens is 1. The van der Waals surface area contributed by atoms with Gasteiger partial charge < -0.3 is 29.3 Å². The fourth-order valence-electron chi connectivity index (χ4n) is 7.68. The van der Waals surface area contributed by atoms with Gasteiger partial charge >= 0.3 is 0 Å². The molecule has 9 atom stereocenters. The molecule has 3 fully saturated rings. The van der Waals surface area contributed by atoms with Crippen molar-refractivity contribution in [3.8, 4) is 5.75 Å². The highest BCUT2D eigenvalue weighted by Crippen LogP contribution is 2.61. The van der Waals surface area contributed by atoms with Gasteiger partial charge in [-0.3, -0.25) is 14.4 Å². The minimum absolute atomic E-state index is 0.0855. The predicted octanol–water partition coefficient (Wildman–Crippen LogP) is 4.96. The summed E-state index contributed by atoms with van der Waals surface area (Å²) in [6, 6.07) is 5.59. The Hall–Kier alpha value is -2.69. The van der Waals surface area contributed by atoms with Crippen molar-refractivity contribution in [2.45, 2.75) is 95.0 Å². The Bertz CT molecular complexity index is 1240. The number of aliphatic hydroxyl groups excluding tert-OH is 1. The number of alkyl halides is 1. The third-order valence-electron chi connectivity index (χ3n) is 9.98. The fourth-order valence-corrected chi connectivity index (χ4v) is 8.62. The summed E-state index contributed by atoms with van der Waals surface area (Å²) in [7, 11) is 0. The van der Waals surface area contributed by atoms with Crippen molar-refractivity contribution in [2.75, 3.05) is 31.2 Å². The monoisotopic (exact) mass is 687 g/mol. The summed E-state index contributed by atoms with van der Waals surface area (Å²) in [5.74, 6) is -1.89. The number of aliphatic hydroxyl groups is 1. The molecule has 3 saturated heterocycles. The molecule has 2 bridgehead atoms. The third kappa shape index (κ3) is 6.22. The maximum absolute atomic E-state index is 14.8. The Morgan fingerprint density at radius 1 is 1.16 bits per heavy atom. The normalized spacial score (nSPS) is 28.7. The van der Waals surface area contributed by atoms with Gasteiger partial charge in [0.1, 0.15) is 17.4 Å². The highest BCUT2D eigenvalue weighted by molar-refractivity contribution is 9.09. The Kier molecular flexibility index (Phi) is 11.6. The number of amides is 3. The average Bonchev–Trinajstić information content (AvgIpc) is 3.62. The maximum Gasteiger partial charge on any atom is 0.248 e. The van der Waals surface area contributed by atoms with E-state index in [-0.39, 0.29) is 47.7 Å². The van der Waals surface area contributed by atoms with Gasteiger partial charge in [0, 0.05) is 29.6 Å². The molecule has 10 heteroatoms. The van der Waals surface area contributed by atoms with Crippen LogP contribution in [0.2, 0.25) is 0 Å². The van der Waals surface area contributed by atoms with E-state index in [0.717, 1.165) is 12.8 Å². The lowest BCUT2D eigenvalue weighted by Gasteiger charge is -2.42. The van der Waals surface area contributed by atoms with Gasteiger partial charge in [-0.25, -0.2) is 0 Å². The van der Waals surface area contributed by atoms with Crippen LogP contribution in [0.25, 0.3) is 0 Å². The molecule has 1 N–H and O–H groups in total. The molecule has 45 heavy (non-hydrogen) atoms. The number of carbonyl (C=O) groups is 3. The molecule has 3 aliphatic rings. The first-order valence-electron chi connectivity index (χ1n) is 16.4. The van der Waals surface area contributed by atoms with Crippen LogP contribution in [-0.4, -0.2) is 93.6 Å². The van der Waals surface area contributed by atoms with Crippen LogP contribution < -0.4 is 9.64 Å². The van der Waals surface area contributed by atoms with Crippen LogP contribution in [0.4, 0.5) is 5.69 Å². The second-order valence-electron chi connectivity index (χ2n) is 12.6. The molecule has 0 aliphatic carbocycles. The summed E-state index contributed by atoms with van der Waals surface area (Å²) in [6.45, 7) is 18.5. The molecule has 3 aliphatic heterocycles. The standard InChI is InChI=1S/C35H50BrN3O6/c1-8-13-23(7)37(18-9-2)34(43)31-35-20-26(36)30(45-35)28(29(35)33(42)39(31)27(21-40)22(6)11-4)32(41)38(19-10-3)24-14-16-25(17-15-24)44-12-5/h9-10,14-17,22-23,26-31,40H,2-3,8,11-13,18-21H2,1,4-7H3/t22-,23?,26?,27-,28+,29-,30+,31?,35?/m0/s1. The van der Waals surface area contributed by atoms with Crippen molar-refractivity contribution in [3.05, 3.63) is 49.6 Å². The number of likely N-dealkylation sites (tertiary alicyclic amines) is 1. The fraction of sp³-hybridized carbons (Fsp3) is 0.629. The smallest absolute Gasteiger partial charge is 0.248 e. The van der Waals surface area contributed by atoms with Gasteiger partial charge in [-0.05, 0) is 56.9 Å². The van der Waals surface area contributed by atoms with Crippen LogP contribution in [0.1, 0.15) is 60.3 Å². The minimum atomic E-state index is -1.22. The predicted molar refractivity (Wildman–Crippen MR) is 179 cm³/mol. The summed E-state index contributed by atoms with van der Waals surface area (Å²) >= 11 is 3.79. The van der Waals surface area contributed by atoms with Gasteiger partial charge in [0.05, 0.1) is 37.2 Å². The first kappa shape index (κ1) is 35.2. The molecular weight excluding hydrogens is 638 g/mol. The number of hydrogen-bond donors (Lipinski definition) is 1. The minimum Gasteiger partial charge on any atom is -0.494 e. The third-order valence-corrected chi connectivity index (χ3v) is 10.8. The quantitative estimate of drug-likeness (QED) is 0.195. The van der Waals surface area contributed by atoms with E-state index in [4.69, 9.17) is 9.47 Å². The number of rotatable bonds is 16. The van der Waals surface area contributed by atoms with Crippen molar-refractivity contribution >= 4 is 39.3 Å². The zero-order chi connectivity index (χ0) is 33.1. The van der Waals surface area contributed by atoms with Gasteiger partial charge in [-0.1, -0.05) is 61.7 Å². The summed E-state index contributed by atoms with van der Waals surface area (Å²) in [4.78, 5) is 48.9. The van der Waals surface area contributed by atoms with Gasteiger partial charge in [0.25, 0.3) is 0 Å². The van der Waals surface area contributed by atoms with Crippen molar-refractivity contribution in [1.82, 2.24) is 9.80 Å². The molecule has 3 amide bonds. The van der Waals surface area contributed by atoms with Gasteiger partial charge in [0.2, 0.25) is 17.7 Å². The molecule has 4 unspecified atom stereocenters. The molecule has 0 radical (unpaired) electrons. The topological polar surface area (TPSA) is 99.6 Å². The first-order valence-corrected chi connectivity index (χ1v) is 17.3. The van der Waals surface area contributed by atoms with Crippen molar-refractivity contribution in [1.29, 1.82) is 0 Å². The van der Waals surface area contributed by atoms with Crippen LogP contribution >= 0.6 is 15.9 Å². The maximum atomic E-state index is 14.8. The molecule has 3 heterocycles. The number of benzene rings is 1. The largest absolute Gasteiger partial charge is 0.494 e. The number of nitrogens with zero attached hydrogens (tertiary/aromatic N) is 3. The Labute approximate surface area is 276 Å². The molecule has 1 spiro atoms. The molecule has 1 aromatic carbocycles. The van der Waals surface area contributed by atoms with E-state index in [1.54, 1.807) is 26.9 Å². The van der Waals surface area contributed by atoms with E-state index in [1.165, 1.54) is 0 Å². The second kappa shape index (κ2) is 14.8. The van der Waals surface area contributed by atoms with E-state index in [9.17, 15) is 19.5 Å². The zero-order valence-electron chi connectivity index (χ0n) is 27.4. The van der Waals surface area contributed by atoms with Crippen LogP contribution in [-0.2, 0) is 19.1 Å². The molecule has 4 rings (SSSR count). The SMILES string of the molecule is C=CCN(C(=O)[C@H]1[C@@H]2OC3(CC2Br)C(C(=O)N(CC=C)C(C)CCC)N([C@@H](CO)[C@@H](C)CC)C(=O)[C@H]13)c1ccc(OCC)cc1. The van der Waals surface area contributed by atoms with E-state index >= 15 is 0 Å². The van der Waals surface area contributed by atoms with Crippen LogP contribution in [0.5, 0.6) is 5.75 Å². The van der Waals surface area contributed by atoms with Crippen molar-refractivity contribution in [3.63, 3.8) is 0 Å². The molecule has 0 saturated carbocycles. The van der Waals surface area contributed by atoms with E-state index in [1.807, 2.05) is 52.0 Å². The first-order chi connectivity index (χ1) is 21.6. The van der Waals surface area contributed by atoms with Gasteiger partial charge in [0.15, 0.2) is 0 Å². The van der Waals surface area contributed by atoms with Gasteiger partial charge in [-0.2, -0.15) is 0 Å². The Balaban J connectivity index is 1.83. The lowest BCUT2D eigenvalue weighted by molar-refractivity contribution is -0.153. The number of anilines is 1. The average molecular weight is 689 g/mol. The van der Waals surface area contributed by atoms with Crippen LogP contribution in [0, 0.1) is 17.8 Å². The number of fused-ring (bicyclic) bond motifs is 1. The van der Waals surface area contributed by atoms with E-state index < -0.39 is 35.6 Å². The molecule has 1 aromatic rings. The Morgan fingerprint density at radius 3 is 2.38 bits per heavy atom. The molecular formula is C35H50BrN3O6. The molecule has 9 nitrogen and oxygen atoms in total. The molecule has 0 aromatic heterocycles. The summed E-state index contributed by atoms with van der Waals surface area (Å²) in [6.07, 6.45) is 5.54. The van der Waals surface area contributed by atoms with Crippen molar-refractivity contribution in [2.24, 2.45) is 17.8 Å². The highest BCUT2D eigenvalue weighted by atomic mass is 79.9. The summed E-state index contributed by atoms with van der Waals surface area (Å²) in [5.41, 5.74) is -0.572. The van der Waals surface area contributed by atoms with E-state index in [2.05, 4.69) is 36.0 Å². The number of carbonyl (C=O) groups excluding carboxylic acids is 3. The summed E-state index contributed by atoms with van der Waals surface area (Å²) < 4.78 is 12.4. The lowest BCUT2D eigenvalue weighted by Crippen LogP contribution is -2.61. The number of ether oxygens (including phenoxy) is 2. The molecule has 248 valence electrons. The van der Waals surface area contributed by atoms with E-state index in [0.29, 0.717) is 37.4 Å². The van der Waals surface area contributed by atoms with Crippen LogP contribution in [0.15, 0.2) is 49.6 Å². The highest BCUT2D eigenvalue weighted by Gasteiger charge is 2.77. The van der Waals surface area contributed by atoms with Crippen molar-refractivity contribution < 1.29 is 29.0 Å². The lowest BCUT2D eigenvalue weighted by atomic mass is 9.70. The zero-order valence-corrected chi connectivity index (χ0v) is 28.9. The second-order valence-corrected chi connectivity index (χ2v) is 13.8. The summed E-state index contributed by atoms with van der Waals surface area (Å²) in [5, 5.41) is 10.7. The van der Waals surface area contributed by atoms with Crippen LogP contribution in [0.3, 0.4) is 0 Å². The number of hydrogen-bond acceptors (Lipinski definition) is 6. The van der Waals surface area contributed by atoms with Gasteiger partial charge in [-0.15, -0.1) is 13.2 Å². The Morgan fingerprint density at radius 2 is 1.82 bits per heavy atom.